The summed E-state index contributed by atoms with van der Waals surface area (Å²) in [5.74, 6) is -1.35. The van der Waals surface area contributed by atoms with Gasteiger partial charge in [-0.1, -0.05) is 18.2 Å². The highest BCUT2D eigenvalue weighted by molar-refractivity contribution is 7.80. The summed E-state index contributed by atoms with van der Waals surface area (Å²) in [6, 6.07) is 12.0. The lowest BCUT2D eigenvalue weighted by Crippen LogP contribution is -2.32. The molecule has 138 valence electrons. The van der Waals surface area contributed by atoms with Gasteiger partial charge in [0.05, 0.1) is 6.04 Å². The molecular formula is C20H23F2N3S. The van der Waals surface area contributed by atoms with Crippen molar-refractivity contribution in [1.29, 1.82) is 0 Å². The van der Waals surface area contributed by atoms with Crippen LogP contribution in [0.25, 0.3) is 0 Å². The van der Waals surface area contributed by atoms with Crippen LogP contribution in [0.5, 0.6) is 0 Å². The highest BCUT2D eigenvalue weighted by Crippen LogP contribution is 2.23. The number of nitrogens with zero attached hydrogens (tertiary/aromatic N) is 1. The Kier molecular flexibility index (Phi) is 6.04. The van der Waals surface area contributed by atoms with Gasteiger partial charge in [0.2, 0.25) is 0 Å². The summed E-state index contributed by atoms with van der Waals surface area (Å²) in [6.45, 7) is 4.17. The van der Waals surface area contributed by atoms with Crippen LogP contribution in [0, 0.1) is 11.6 Å². The molecule has 1 aliphatic rings. The molecule has 0 bridgehead atoms. The van der Waals surface area contributed by atoms with Gasteiger partial charge < -0.3 is 15.5 Å². The second-order valence-electron chi connectivity index (χ2n) is 6.56. The molecule has 6 heteroatoms. The topological polar surface area (TPSA) is 27.3 Å². The lowest BCUT2D eigenvalue weighted by atomic mass is 10.1. The number of piperidine rings is 1. The third kappa shape index (κ3) is 4.49. The Labute approximate surface area is 158 Å². The molecule has 3 nitrogen and oxygen atoms in total. The highest BCUT2D eigenvalue weighted by Gasteiger charge is 2.14. The molecule has 0 amide bonds. The highest BCUT2D eigenvalue weighted by atomic mass is 32.1. The summed E-state index contributed by atoms with van der Waals surface area (Å²) in [7, 11) is 0. The van der Waals surface area contributed by atoms with E-state index >= 15 is 0 Å². The van der Waals surface area contributed by atoms with E-state index in [1.807, 2.05) is 6.92 Å². The first-order chi connectivity index (χ1) is 12.5. The Hall–Kier alpha value is -2.21. The number of hydrogen-bond acceptors (Lipinski definition) is 2. The predicted molar refractivity (Wildman–Crippen MR) is 107 cm³/mol. The van der Waals surface area contributed by atoms with Gasteiger partial charge in [-0.25, -0.2) is 8.78 Å². The zero-order chi connectivity index (χ0) is 18.5. The minimum Gasteiger partial charge on any atom is -0.372 e. The van der Waals surface area contributed by atoms with Crippen LogP contribution < -0.4 is 15.5 Å². The molecule has 2 aromatic rings. The smallest absolute Gasteiger partial charge is 0.171 e. The third-order valence-electron chi connectivity index (χ3n) is 4.66. The first-order valence-corrected chi connectivity index (χ1v) is 9.32. The molecule has 1 atom stereocenters. The largest absolute Gasteiger partial charge is 0.372 e. The SMILES string of the molecule is C[C@H](NC(=S)Nc1c(F)cccc1F)c1ccc(N2CCCCC2)cc1. The molecule has 1 saturated heterocycles. The predicted octanol–water partition coefficient (Wildman–Crippen LogP) is 5.00. The van der Waals surface area contributed by atoms with Crippen molar-refractivity contribution in [2.75, 3.05) is 23.3 Å². The second kappa shape index (κ2) is 8.45. The Bertz CT molecular complexity index is 738. The molecule has 0 radical (unpaired) electrons. The minimum atomic E-state index is -0.673. The first kappa shape index (κ1) is 18.6. The van der Waals surface area contributed by atoms with Crippen LogP contribution in [-0.4, -0.2) is 18.2 Å². The van der Waals surface area contributed by atoms with Crippen LogP contribution in [0.4, 0.5) is 20.2 Å². The van der Waals surface area contributed by atoms with Crippen molar-refractivity contribution in [1.82, 2.24) is 5.32 Å². The minimum absolute atomic E-state index is 0.0831. The maximum atomic E-state index is 13.7. The number of thiocarbonyl (C=S) groups is 1. The van der Waals surface area contributed by atoms with E-state index < -0.39 is 11.6 Å². The van der Waals surface area contributed by atoms with Crippen molar-refractivity contribution in [2.45, 2.75) is 32.2 Å². The lowest BCUT2D eigenvalue weighted by molar-refractivity contribution is 0.577. The quantitative estimate of drug-likeness (QED) is 0.735. The van der Waals surface area contributed by atoms with E-state index in [9.17, 15) is 8.78 Å². The van der Waals surface area contributed by atoms with Crippen molar-refractivity contribution in [3.8, 4) is 0 Å². The number of nitrogens with one attached hydrogen (secondary N) is 2. The number of hydrogen-bond donors (Lipinski definition) is 2. The number of rotatable bonds is 4. The zero-order valence-corrected chi connectivity index (χ0v) is 15.6. The van der Waals surface area contributed by atoms with Crippen LogP contribution in [0.2, 0.25) is 0 Å². The van der Waals surface area contributed by atoms with Crippen LogP contribution >= 0.6 is 12.2 Å². The monoisotopic (exact) mass is 375 g/mol. The molecular weight excluding hydrogens is 352 g/mol. The van der Waals surface area contributed by atoms with E-state index in [0.717, 1.165) is 18.7 Å². The van der Waals surface area contributed by atoms with Crippen LogP contribution in [0.15, 0.2) is 42.5 Å². The molecule has 0 spiro atoms. The van der Waals surface area contributed by atoms with Gasteiger partial charge in [-0.05, 0) is 68.2 Å². The van der Waals surface area contributed by atoms with E-state index in [4.69, 9.17) is 12.2 Å². The van der Waals surface area contributed by atoms with Crippen LogP contribution in [0.3, 0.4) is 0 Å². The molecule has 0 unspecified atom stereocenters. The molecule has 0 aromatic heterocycles. The molecule has 0 saturated carbocycles. The average Bonchev–Trinajstić information content (AvgIpc) is 2.66. The number of anilines is 2. The van der Waals surface area contributed by atoms with Gasteiger partial charge in [0.25, 0.3) is 0 Å². The van der Waals surface area contributed by atoms with E-state index in [1.54, 1.807) is 0 Å². The summed E-state index contributed by atoms with van der Waals surface area (Å²) in [5.41, 5.74) is 2.05. The van der Waals surface area contributed by atoms with Gasteiger partial charge in [0, 0.05) is 18.8 Å². The van der Waals surface area contributed by atoms with Crippen molar-refractivity contribution in [2.24, 2.45) is 0 Å². The normalized spacial score (nSPS) is 15.4. The summed E-state index contributed by atoms with van der Waals surface area (Å²) in [6.07, 6.45) is 3.79. The van der Waals surface area contributed by atoms with E-state index in [-0.39, 0.29) is 16.8 Å². The van der Waals surface area contributed by atoms with E-state index in [2.05, 4.69) is 39.8 Å². The summed E-state index contributed by atoms with van der Waals surface area (Å²) in [4.78, 5) is 2.40. The van der Waals surface area contributed by atoms with E-state index in [0.29, 0.717) is 0 Å². The Balaban J connectivity index is 1.60. The fraction of sp³-hybridized carbons (Fsp3) is 0.350. The second-order valence-corrected chi connectivity index (χ2v) is 6.96. The molecule has 1 aliphatic heterocycles. The summed E-state index contributed by atoms with van der Waals surface area (Å²) in [5, 5.41) is 5.86. The maximum Gasteiger partial charge on any atom is 0.171 e. The fourth-order valence-electron chi connectivity index (χ4n) is 3.17. The van der Waals surface area contributed by atoms with Gasteiger partial charge in [-0.3, -0.25) is 0 Å². The Morgan fingerprint density at radius 1 is 1.00 bits per heavy atom. The molecule has 3 rings (SSSR count). The summed E-state index contributed by atoms with van der Waals surface area (Å²) < 4.78 is 27.4. The molecule has 26 heavy (non-hydrogen) atoms. The van der Waals surface area contributed by atoms with Gasteiger partial charge >= 0.3 is 0 Å². The van der Waals surface area contributed by atoms with Crippen molar-refractivity contribution < 1.29 is 8.78 Å². The van der Waals surface area contributed by atoms with E-state index in [1.165, 1.54) is 43.1 Å². The number of benzene rings is 2. The van der Waals surface area contributed by atoms with Crippen molar-refractivity contribution >= 4 is 28.7 Å². The fourth-order valence-corrected chi connectivity index (χ4v) is 3.45. The van der Waals surface area contributed by atoms with Gasteiger partial charge in [-0.15, -0.1) is 0 Å². The average molecular weight is 375 g/mol. The van der Waals surface area contributed by atoms with Gasteiger partial charge in [0.1, 0.15) is 17.3 Å². The first-order valence-electron chi connectivity index (χ1n) is 8.91. The Morgan fingerprint density at radius 2 is 1.62 bits per heavy atom. The zero-order valence-electron chi connectivity index (χ0n) is 14.8. The van der Waals surface area contributed by atoms with Crippen molar-refractivity contribution in [3.63, 3.8) is 0 Å². The van der Waals surface area contributed by atoms with Gasteiger partial charge in [-0.2, -0.15) is 0 Å². The molecule has 1 heterocycles. The molecule has 2 aromatic carbocycles. The molecule has 0 aliphatic carbocycles. The molecule has 1 fully saturated rings. The number of para-hydroxylation sites is 1. The van der Waals surface area contributed by atoms with Gasteiger partial charge in [0.15, 0.2) is 5.11 Å². The third-order valence-corrected chi connectivity index (χ3v) is 4.88. The Morgan fingerprint density at radius 3 is 2.23 bits per heavy atom. The number of halogens is 2. The van der Waals surface area contributed by atoms with Crippen LogP contribution in [0.1, 0.15) is 37.8 Å². The maximum absolute atomic E-state index is 13.7. The standard InChI is InChI=1S/C20H23F2N3S/c1-14(23-20(26)24-19-17(21)6-5-7-18(19)22)15-8-10-16(11-9-15)25-12-3-2-4-13-25/h5-11,14H,2-4,12-13H2,1H3,(H2,23,24,26)/t14-/m0/s1. The van der Waals surface area contributed by atoms with Crippen LogP contribution in [-0.2, 0) is 0 Å². The summed E-state index contributed by atoms with van der Waals surface area (Å²) >= 11 is 5.20. The molecule has 2 N–H and O–H groups in total. The van der Waals surface area contributed by atoms with Crippen molar-refractivity contribution in [3.05, 3.63) is 59.7 Å². The lowest BCUT2D eigenvalue weighted by Gasteiger charge is -2.29.